The Bertz CT molecular complexity index is 1830. The summed E-state index contributed by atoms with van der Waals surface area (Å²) in [7, 11) is 1.76. The van der Waals surface area contributed by atoms with Crippen molar-refractivity contribution in [3.05, 3.63) is 113 Å². The molecule has 2 heterocycles. The van der Waals surface area contributed by atoms with Crippen LogP contribution in [-0.4, -0.2) is 98.3 Å². The van der Waals surface area contributed by atoms with Gasteiger partial charge in [-0.1, -0.05) is 30.3 Å². The number of carbonyl (C=O) groups is 3. The monoisotopic (exact) mass is 711 g/mol. The van der Waals surface area contributed by atoms with E-state index in [0.717, 1.165) is 25.2 Å². The highest BCUT2D eigenvalue weighted by molar-refractivity contribution is 6.08. The SMILES string of the molecule is CC(C)OCCOc1ccc(NC(=O)c2cccc(C(=O)N(C)CCN3CCOCC3)c2)c(-c2cc(C(=O)NCc3cccc(CF)c3)ccn2)c1. The van der Waals surface area contributed by atoms with E-state index in [9.17, 15) is 18.8 Å². The number of benzene rings is 3. The van der Waals surface area contributed by atoms with Crippen LogP contribution in [0.15, 0.2) is 85.1 Å². The highest BCUT2D eigenvalue weighted by Crippen LogP contribution is 2.32. The summed E-state index contributed by atoms with van der Waals surface area (Å²) in [5.74, 6) is -0.414. The summed E-state index contributed by atoms with van der Waals surface area (Å²) in [6.45, 7) is 8.58. The van der Waals surface area contributed by atoms with Crippen molar-refractivity contribution in [1.82, 2.24) is 20.1 Å². The van der Waals surface area contributed by atoms with Crippen molar-refractivity contribution in [1.29, 1.82) is 0 Å². The molecule has 0 spiro atoms. The van der Waals surface area contributed by atoms with E-state index >= 15 is 0 Å². The lowest BCUT2D eigenvalue weighted by molar-refractivity contribution is 0.0338. The molecule has 0 aliphatic carbocycles. The van der Waals surface area contributed by atoms with Gasteiger partial charge < -0.3 is 29.7 Å². The van der Waals surface area contributed by atoms with Crippen LogP contribution in [0.1, 0.15) is 56.0 Å². The zero-order chi connectivity index (χ0) is 36.9. The highest BCUT2D eigenvalue weighted by Gasteiger charge is 2.19. The fourth-order valence-corrected chi connectivity index (χ4v) is 5.63. The van der Waals surface area contributed by atoms with Crippen molar-refractivity contribution in [3.8, 4) is 17.0 Å². The molecule has 1 aromatic heterocycles. The van der Waals surface area contributed by atoms with Crippen LogP contribution >= 0.6 is 0 Å². The van der Waals surface area contributed by atoms with E-state index in [1.807, 2.05) is 19.9 Å². The van der Waals surface area contributed by atoms with Crippen LogP contribution in [0.4, 0.5) is 10.1 Å². The number of carbonyl (C=O) groups excluding carboxylic acids is 3. The average Bonchev–Trinajstić information content (AvgIpc) is 3.18. The molecule has 1 fully saturated rings. The lowest BCUT2D eigenvalue weighted by Gasteiger charge is -2.28. The lowest BCUT2D eigenvalue weighted by Crippen LogP contribution is -2.41. The van der Waals surface area contributed by atoms with Crippen molar-refractivity contribution >= 4 is 23.4 Å². The Balaban J connectivity index is 1.33. The second-order valence-corrected chi connectivity index (χ2v) is 12.8. The first-order valence-corrected chi connectivity index (χ1v) is 17.4. The smallest absolute Gasteiger partial charge is 0.255 e. The van der Waals surface area contributed by atoms with Crippen LogP contribution < -0.4 is 15.4 Å². The van der Waals surface area contributed by atoms with Gasteiger partial charge in [-0.3, -0.25) is 24.3 Å². The fourth-order valence-electron chi connectivity index (χ4n) is 5.63. The molecule has 0 saturated carbocycles. The minimum atomic E-state index is -0.585. The van der Waals surface area contributed by atoms with Gasteiger partial charge in [-0.05, 0) is 73.5 Å². The van der Waals surface area contributed by atoms with Gasteiger partial charge in [0.25, 0.3) is 17.7 Å². The zero-order valence-corrected chi connectivity index (χ0v) is 29.9. The number of nitrogens with one attached hydrogen (secondary N) is 2. The van der Waals surface area contributed by atoms with Crippen molar-refractivity contribution in [3.63, 3.8) is 0 Å². The number of morpholine rings is 1. The van der Waals surface area contributed by atoms with Gasteiger partial charge in [-0.25, -0.2) is 4.39 Å². The summed E-state index contributed by atoms with van der Waals surface area (Å²) in [6, 6.07) is 22.0. The van der Waals surface area contributed by atoms with E-state index in [1.165, 1.54) is 6.20 Å². The summed E-state index contributed by atoms with van der Waals surface area (Å²) >= 11 is 0. The number of halogens is 1. The minimum absolute atomic E-state index is 0.0618. The largest absolute Gasteiger partial charge is 0.491 e. The Morgan fingerprint density at radius 3 is 2.44 bits per heavy atom. The van der Waals surface area contributed by atoms with Crippen LogP contribution in [0.2, 0.25) is 0 Å². The molecule has 11 nitrogen and oxygen atoms in total. The molecule has 274 valence electrons. The molecular formula is C40H46FN5O6. The Morgan fingerprint density at radius 1 is 0.904 bits per heavy atom. The molecule has 5 rings (SSSR count). The summed E-state index contributed by atoms with van der Waals surface area (Å²) < 4.78 is 30.1. The quantitative estimate of drug-likeness (QED) is 0.144. The minimum Gasteiger partial charge on any atom is -0.491 e. The van der Waals surface area contributed by atoms with Crippen LogP contribution in [-0.2, 0) is 22.7 Å². The third-order valence-corrected chi connectivity index (χ3v) is 8.51. The van der Waals surface area contributed by atoms with Crippen LogP contribution in [0.5, 0.6) is 5.75 Å². The van der Waals surface area contributed by atoms with Crippen molar-refractivity contribution in [2.24, 2.45) is 0 Å². The molecular weight excluding hydrogens is 665 g/mol. The number of amides is 3. The number of hydrogen-bond donors (Lipinski definition) is 2. The first-order chi connectivity index (χ1) is 25.2. The molecule has 1 aliphatic rings. The maximum Gasteiger partial charge on any atom is 0.255 e. The molecule has 0 radical (unpaired) electrons. The number of hydrogen-bond acceptors (Lipinski definition) is 8. The molecule has 4 aromatic rings. The standard InChI is InChI=1S/C40H46FN5O6/c1-28(2)51-20-21-52-34-10-11-36(35(25-34)37-24-32(12-13-42-37)38(47)43-27-30-7-4-6-29(22-30)26-41)44-39(48)31-8-5-9-33(23-31)40(49)45(3)14-15-46-16-18-50-19-17-46/h4-13,22-25,28H,14-21,26-27H2,1-3H3,(H,43,47)(H,44,48). The van der Waals surface area contributed by atoms with Crippen molar-refractivity contribution in [2.75, 3.05) is 65.0 Å². The van der Waals surface area contributed by atoms with E-state index in [1.54, 1.807) is 84.7 Å². The molecule has 0 atom stereocenters. The average molecular weight is 712 g/mol. The highest BCUT2D eigenvalue weighted by atomic mass is 19.1. The number of alkyl halides is 1. The Kier molecular flexibility index (Phi) is 13.8. The Hall–Kier alpha value is -5.17. The number of pyridine rings is 1. The van der Waals surface area contributed by atoms with Crippen LogP contribution in [0.25, 0.3) is 11.3 Å². The maximum absolute atomic E-state index is 13.7. The molecule has 0 unspecified atom stereocenters. The van der Waals surface area contributed by atoms with Crippen LogP contribution in [0.3, 0.4) is 0 Å². The summed E-state index contributed by atoms with van der Waals surface area (Å²) in [5, 5.41) is 5.85. The predicted octanol–water partition coefficient (Wildman–Crippen LogP) is 5.61. The second kappa shape index (κ2) is 18.9. The molecule has 12 heteroatoms. The van der Waals surface area contributed by atoms with Gasteiger partial charge in [0, 0.05) is 68.2 Å². The summed E-state index contributed by atoms with van der Waals surface area (Å²) in [4.78, 5) is 48.6. The van der Waals surface area contributed by atoms with Crippen LogP contribution in [0, 0.1) is 0 Å². The van der Waals surface area contributed by atoms with E-state index in [-0.39, 0.29) is 24.5 Å². The van der Waals surface area contributed by atoms with Gasteiger partial charge in [0.1, 0.15) is 19.0 Å². The first-order valence-electron chi connectivity index (χ1n) is 17.4. The van der Waals surface area contributed by atoms with Gasteiger partial charge in [0.2, 0.25) is 0 Å². The van der Waals surface area contributed by atoms with Gasteiger partial charge in [0.15, 0.2) is 0 Å². The van der Waals surface area contributed by atoms with E-state index < -0.39 is 12.6 Å². The molecule has 2 N–H and O–H groups in total. The third-order valence-electron chi connectivity index (χ3n) is 8.51. The Labute approximate surface area is 304 Å². The van der Waals surface area contributed by atoms with Gasteiger partial charge in [-0.2, -0.15) is 0 Å². The number of rotatable bonds is 16. The molecule has 52 heavy (non-hydrogen) atoms. The first kappa shape index (κ1) is 38.1. The van der Waals surface area contributed by atoms with Crippen molar-refractivity contribution in [2.45, 2.75) is 33.2 Å². The number of aromatic nitrogens is 1. The van der Waals surface area contributed by atoms with E-state index in [4.69, 9.17) is 14.2 Å². The third kappa shape index (κ3) is 10.9. The summed E-state index contributed by atoms with van der Waals surface area (Å²) in [6.07, 6.45) is 1.58. The van der Waals surface area contributed by atoms with E-state index in [0.29, 0.717) is 77.9 Å². The lowest BCUT2D eigenvalue weighted by atomic mass is 10.0. The maximum atomic E-state index is 13.7. The molecule has 0 bridgehead atoms. The number of nitrogens with zero attached hydrogens (tertiary/aromatic N) is 3. The van der Waals surface area contributed by atoms with Crippen molar-refractivity contribution < 1.29 is 33.0 Å². The fraction of sp³-hybridized carbons (Fsp3) is 0.350. The second-order valence-electron chi connectivity index (χ2n) is 12.8. The summed E-state index contributed by atoms with van der Waals surface area (Å²) in [5.41, 5.74) is 3.76. The molecule has 3 amide bonds. The van der Waals surface area contributed by atoms with E-state index in [2.05, 4.69) is 20.5 Å². The van der Waals surface area contributed by atoms with Gasteiger partial charge in [0.05, 0.1) is 37.3 Å². The Morgan fingerprint density at radius 2 is 1.65 bits per heavy atom. The molecule has 1 saturated heterocycles. The number of anilines is 1. The topological polar surface area (TPSA) is 122 Å². The predicted molar refractivity (Wildman–Crippen MR) is 197 cm³/mol. The molecule has 1 aliphatic heterocycles. The normalized spacial score (nSPS) is 13.1. The van der Waals surface area contributed by atoms with Gasteiger partial charge >= 0.3 is 0 Å². The van der Waals surface area contributed by atoms with Gasteiger partial charge in [-0.15, -0.1) is 0 Å². The number of likely N-dealkylation sites (N-methyl/N-ethyl adjacent to an activating group) is 1. The molecule has 3 aromatic carbocycles. The number of ether oxygens (including phenoxy) is 3. The zero-order valence-electron chi connectivity index (χ0n) is 29.9.